The fourth-order valence-corrected chi connectivity index (χ4v) is 5.11. The number of nitrogens with one attached hydrogen (secondary N) is 1. The van der Waals surface area contributed by atoms with Gasteiger partial charge in [-0.2, -0.15) is 0 Å². The highest BCUT2D eigenvalue weighted by Crippen LogP contribution is 2.45. The highest BCUT2D eigenvalue weighted by molar-refractivity contribution is 7.11. The van der Waals surface area contributed by atoms with E-state index in [-0.39, 0.29) is 11.3 Å². The number of hydrogen-bond donors (Lipinski definition) is 1. The van der Waals surface area contributed by atoms with Crippen molar-refractivity contribution in [1.82, 2.24) is 24.8 Å². The Morgan fingerprint density at radius 3 is 2.74 bits per heavy atom. The van der Waals surface area contributed by atoms with Crippen molar-refractivity contribution in [2.75, 3.05) is 19.6 Å². The number of nitrogens with zero attached hydrogens (tertiary/aromatic N) is 4. The fraction of sp³-hybridized carbons (Fsp3) is 0.650. The summed E-state index contributed by atoms with van der Waals surface area (Å²) in [7, 11) is 2.06. The molecule has 2 atom stereocenters. The smallest absolute Gasteiger partial charge is 0.225 e. The van der Waals surface area contributed by atoms with E-state index >= 15 is 0 Å². The second-order valence-electron chi connectivity index (χ2n) is 8.50. The first kappa shape index (κ1) is 18.6. The summed E-state index contributed by atoms with van der Waals surface area (Å²) in [5.74, 6) is 1.01. The molecule has 0 bridgehead atoms. The summed E-state index contributed by atoms with van der Waals surface area (Å²) < 4.78 is 2.12. The first-order chi connectivity index (χ1) is 12.9. The quantitative estimate of drug-likeness (QED) is 0.828. The number of thiazole rings is 1. The van der Waals surface area contributed by atoms with Crippen molar-refractivity contribution in [1.29, 1.82) is 0 Å². The maximum Gasteiger partial charge on any atom is 0.225 e. The van der Waals surface area contributed by atoms with E-state index in [1.807, 2.05) is 12.5 Å². The molecule has 1 saturated carbocycles. The van der Waals surface area contributed by atoms with E-state index in [0.29, 0.717) is 11.8 Å². The average Bonchev–Trinajstić information content (AvgIpc) is 2.92. The van der Waals surface area contributed by atoms with Gasteiger partial charge in [0.2, 0.25) is 5.91 Å². The first-order valence-corrected chi connectivity index (χ1v) is 10.6. The van der Waals surface area contributed by atoms with Gasteiger partial charge in [0.15, 0.2) is 0 Å². The molecule has 3 heterocycles. The van der Waals surface area contributed by atoms with E-state index in [2.05, 4.69) is 52.6 Å². The number of hydrogen-bond acceptors (Lipinski definition) is 5. The van der Waals surface area contributed by atoms with Gasteiger partial charge in [-0.3, -0.25) is 9.69 Å². The van der Waals surface area contributed by atoms with Crippen LogP contribution in [0, 0.1) is 25.2 Å². The van der Waals surface area contributed by atoms with Crippen LogP contribution in [0.2, 0.25) is 0 Å². The van der Waals surface area contributed by atoms with Gasteiger partial charge >= 0.3 is 0 Å². The number of aromatic nitrogens is 3. The van der Waals surface area contributed by atoms with Crippen molar-refractivity contribution in [3.8, 4) is 0 Å². The summed E-state index contributed by atoms with van der Waals surface area (Å²) in [5, 5.41) is 4.36. The summed E-state index contributed by atoms with van der Waals surface area (Å²) >= 11 is 1.79. The zero-order chi connectivity index (χ0) is 19.2. The van der Waals surface area contributed by atoms with Gasteiger partial charge in [0.05, 0.1) is 17.0 Å². The number of amides is 1. The van der Waals surface area contributed by atoms with Gasteiger partial charge in [-0.1, -0.05) is 6.92 Å². The number of aryl methyl sites for hydroxylation is 3. The summed E-state index contributed by atoms with van der Waals surface area (Å²) in [6.45, 7) is 9.89. The molecule has 2 aromatic rings. The monoisotopic (exact) mass is 387 g/mol. The predicted octanol–water partition coefficient (Wildman–Crippen LogP) is 2.63. The minimum Gasteiger partial charge on any atom is -0.355 e. The van der Waals surface area contributed by atoms with Crippen molar-refractivity contribution in [2.24, 2.45) is 18.4 Å². The second kappa shape index (κ2) is 7.02. The van der Waals surface area contributed by atoms with Crippen LogP contribution in [0.25, 0.3) is 0 Å². The number of likely N-dealkylation sites (tertiary alicyclic amines) is 1. The SMILES string of the molecule is Cc1nc(C)c(CN2C[C@@H](CNC(=O)C3(C)CC3)[C@H](c3cncn3C)C2)s1. The maximum atomic E-state index is 12.4. The standard InChI is InChI=1S/C20H29N5OS/c1-13-18(27-14(2)23-13)11-25-9-15(7-22-19(26)20(3)5-6-20)16(10-25)17-8-21-12-24(17)4/h8,12,15-16H,5-7,9-11H2,1-4H3,(H,22,26)/t15-,16-/m1/s1. The molecule has 1 N–H and O–H groups in total. The van der Waals surface area contributed by atoms with Crippen molar-refractivity contribution in [2.45, 2.75) is 46.1 Å². The molecule has 4 rings (SSSR count). The normalized spacial score (nSPS) is 24.3. The molecule has 7 heteroatoms. The molecular formula is C20H29N5OS. The molecule has 0 radical (unpaired) electrons. The van der Waals surface area contributed by atoms with Crippen LogP contribution >= 0.6 is 11.3 Å². The van der Waals surface area contributed by atoms with Crippen LogP contribution in [0.4, 0.5) is 0 Å². The molecule has 2 aliphatic rings. The Balaban J connectivity index is 1.47. The molecule has 0 spiro atoms. The fourth-order valence-electron chi connectivity index (χ4n) is 4.13. The third kappa shape index (κ3) is 3.80. The highest BCUT2D eigenvalue weighted by atomic mass is 32.1. The Morgan fingerprint density at radius 2 is 2.15 bits per heavy atom. The molecule has 6 nitrogen and oxygen atoms in total. The molecule has 2 aromatic heterocycles. The number of carbonyl (C=O) groups is 1. The van der Waals surface area contributed by atoms with Crippen LogP contribution in [0.1, 0.15) is 47.0 Å². The van der Waals surface area contributed by atoms with E-state index < -0.39 is 0 Å². The largest absolute Gasteiger partial charge is 0.355 e. The third-order valence-corrected chi connectivity index (χ3v) is 7.25. The Morgan fingerprint density at radius 1 is 1.37 bits per heavy atom. The highest BCUT2D eigenvalue weighted by Gasteiger charge is 2.45. The lowest BCUT2D eigenvalue weighted by Gasteiger charge is -2.20. The number of imidazole rings is 1. The van der Waals surface area contributed by atoms with Crippen LogP contribution in [-0.4, -0.2) is 45.0 Å². The summed E-state index contributed by atoms with van der Waals surface area (Å²) in [5.41, 5.74) is 2.29. The van der Waals surface area contributed by atoms with Gasteiger partial charge in [-0.05, 0) is 32.6 Å². The van der Waals surface area contributed by atoms with Gasteiger partial charge in [0.25, 0.3) is 0 Å². The summed E-state index contributed by atoms with van der Waals surface area (Å²) in [6, 6.07) is 0. The zero-order valence-electron chi connectivity index (χ0n) is 16.7. The van der Waals surface area contributed by atoms with Gasteiger partial charge in [0, 0.05) is 61.3 Å². The van der Waals surface area contributed by atoms with Crippen molar-refractivity contribution in [3.05, 3.63) is 33.8 Å². The molecular weight excluding hydrogens is 358 g/mol. The van der Waals surface area contributed by atoms with E-state index in [4.69, 9.17) is 0 Å². The second-order valence-corrected chi connectivity index (χ2v) is 9.79. The van der Waals surface area contributed by atoms with E-state index in [1.165, 1.54) is 10.6 Å². The Kier molecular flexibility index (Phi) is 4.84. The minimum absolute atomic E-state index is 0.113. The molecule has 0 aromatic carbocycles. The van der Waals surface area contributed by atoms with Crippen LogP contribution in [0.5, 0.6) is 0 Å². The minimum atomic E-state index is -0.113. The molecule has 1 aliphatic heterocycles. The Bertz CT molecular complexity index is 837. The maximum absolute atomic E-state index is 12.4. The topological polar surface area (TPSA) is 63.1 Å². The van der Waals surface area contributed by atoms with Gasteiger partial charge < -0.3 is 9.88 Å². The predicted molar refractivity (Wildman–Crippen MR) is 107 cm³/mol. The van der Waals surface area contributed by atoms with Crippen LogP contribution in [0.3, 0.4) is 0 Å². The molecule has 27 heavy (non-hydrogen) atoms. The van der Waals surface area contributed by atoms with Crippen molar-refractivity contribution >= 4 is 17.2 Å². The lowest BCUT2D eigenvalue weighted by molar-refractivity contribution is -0.125. The number of rotatable bonds is 6. The van der Waals surface area contributed by atoms with Crippen LogP contribution < -0.4 is 5.32 Å². The summed E-state index contributed by atoms with van der Waals surface area (Å²) in [4.78, 5) is 25.2. The van der Waals surface area contributed by atoms with Gasteiger partial charge in [0.1, 0.15) is 0 Å². The van der Waals surface area contributed by atoms with Gasteiger partial charge in [-0.25, -0.2) is 9.97 Å². The first-order valence-electron chi connectivity index (χ1n) is 9.75. The zero-order valence-corrected chi connectivity index (χ0v) is 17.5. The Hall–Kier alpha value is -1.73. The van der Waals surface area contributed by atoms with E-state index in [9.17, 15) is 4.79 Å². The summed E-state index contributed by atoms with van der Waals surface area (Å²) in [6.07, 6.45) is 5.89. The number of carbonyl (C=O) groups excluding carboxylic acids is 1. The van der Waals surface area contributed by atoms with E-state index in [0.717, 1.165) is 49.7 Å². The van der Waals surface area contributed by atoms with Crippen LogP contribution in [0.15, 0.2) is 12.5 Å². The molecule has 2 fully saturated rings. The van der Waals surface area contributed by atoms with Gasteiger partial charge in [-0.15, -0.1) is 11.3 Å². The van der Waals surface area contributed by atoms with Crippen LogP contribution in [-0.2, 0) is 18.4 Å². The molecule has 1 saturated heterocycles. The Labute approximate surface area is 165 Å². The lowest BCUT2D eigenvalue weighted by Crippen LogP contribution is -2.36. The molecule has 1 aliphatic carbocycles. The molecule has 1 amide bonds. The third-order valence-electron chi connectivity index (χ3n) is 6.19. The lowest BCUT2D eigenvalue weighted by atomic mass is 9.92. The van der Waals surface area contributed by atoms with Crippen molar-refractivity contribution < 1.29 is 4.79 Å². The average molecular weight is 388 g/mol. The van der Waals surface area contributed by atoms with Crippen molar-refractivity contribution in [3.63, 3.8) is 0 Å². The molecule has 0 unspecified atom stereocenters. The molecule has 146 valence electrons. The van der Waals surface area contributed by atoms with E-state index in [1.54, 1.807) is 11.3 Å².